The molecule has 0 aromatic carbocycles. The summed E-state index contributed by atoms with van der Waals surface area (Å²) in [6.07, 6.45) is 1.95. The van der Waals surface area contributed by atoms with Crippen LogP contribution in [0.1, 0.15) is 12.8 Å². The number of hydrogen-bond donors (Lipinski definition) is 0. The zero-order valence-electron chi connectivity index (χ0n) is 13.4. The van der Waals surface area contributed by atoms with Gasteiger partial charge >= 0.3 is 0 Å². The van der Waals surface area contributed by atoms with Crippen LogP contribution in [0.15, 0.2) is 23.2 Å². The van der Waals surface area contributed by atoms with Crippen LogP contribution < -0.4 is 4.90 Å². The number of pyridine rings is 1. The zero-order valence-corrected chi connectivity index (χ0v) is 14.2. The van der Waals surface area contributed by atoms with Crippen LogP contribution in [-0.4, -0.2) is 75.1 Å². The molecule has 3 rings (SSSR count). The predicted molar refractivity (Wildman–Crippen MR) is 86.8 cm³/mol. The Balaban J connectivity index is 1.73. The molecule has 0 aliphatic carbocycles. The maximum absolute atomic E-state index is 13.5. The molecule has 1 aromatic heterocycles. The molecule has 0 spiro atoms. The van der Waals surface area contributed by atoms with Crippen molar-refractivity contribution in [2.75, 3.05) is 51.2 Å². The van der Waals surface area contributed by atoms with Crippen LogP contribution in [0.5, 0.6) is 0 Å². The predicted octanol–water partition coefficient (Wildman–Crippen LogP) is 0.956. The van der Waals surface area contributed by atoms with E-state index in [0.717, 1.165) is 26.1 Å². The average Bonchev–Trinajstić information content (AvgIpc) is 2.55. The number of piperidine rings is 1. The fourth-order valence-corrected chi connectivity index (χ4v) is 4.39. The van der Waals surface area contributed by atoms with E-state index in [-0.39, 0.29) is 4.90 Å². The summed E-state index contributed by atoms with van der Waals surface area (Å²) in [5.41, 5.74) is 0. The van der Waals surface area contributed by atoms with E-state index >= 15 is 0 Å². The third-order valence-electron chi connectivity index (χ3n) is 4.51. The maximum atomic E-state index is 13.5. The van der Waals surface area contributed by atoms with Crippen molar-refractivity contribution in [3.63, 3.8) is 0 Å². The van der Waals surface area contributed by atoms with Gasteiger partial charge in [0.15, 0.2) is 0 Å². The van der Waals surface area contributed by atoms with Gasteiger partial charge in [-0.15, -0.1) is 0 Å². The summed E-state index contributed by atoms with van der Waals surface area (Å²) >= 11 is 0. The number of halogens is 1. The molecule has 2 aliphatic heterocycles. The molecule has 0 bridgehead atoms. The quantitative estimate of drug-likeness (QED) is 0.819. The summed E-state index contributed by atoms with van der Waals surface area (Å²) in [6, 6.07) is 3.26. The van der Waals surface area contributed by atoms with Gasteiger partial charge in [-0.1, -0.05) is 0 Å². The van der Waals surface area contributed by atoms with Gasteiger partial charge in [0.2, 0.25) is 10.0 Å². The molecule has 1 unspecified atom stereocenters. The molecule has 8 heteroatoms. The Bertz CT molecular complexity index is 629. The fourth-order valence-electron chi connectivity index (χ4n) is 3.02. The van der Waals surface area contributed by atoms with Crippen LogP contribution in [0.25, 0.3) is 0 Å². The Hall–Kier alpha value is -1.25. The number of sulfonamides is 1. The van der Waals surface area contributed by atoms with E-state index in [2.05, 4.69) is 9.88 Å². The number of alkyl halides is 1. The van der Waals surface area contributed by atoms with Crippen molar-refractivity contribution in [3.8, 4) is 0 Å². The minimum atomic E-state index is -3.49. The highest BCUT2D eigenvalue weighted by Gasteiger charge is 2.28. The van der Waals surface area contributed by atoms with Crippen LogP contribution in [0.2, 0.25) is 0 Å². The van der Waals surface area contributed by atoms with E-state index in [1.54, 1.807) is 12.1 Å². The first-order valence-corrected chi connectivity index (χ1v) is 9.44. The highest BCUT2D eigenvalue weighted by Crippen LogP contribution is 2.22. The number of anilines is 1. The molecule has 2 fully saturated rings. The molecule has 0 radical (unpaired) electrons. The van der Waals surface area contributed by atoms with Gasteiger partial charge < -0.3 is 9.80 Å². The molecule has 1 aromatic rings. The van der Waals surface area contributed by atoms with Crippen molar-refractivity contribution >= 4 is 15.8 Å². The van der Waals surface area contributed by atoms with Gasteiger partial charge in [0, 0.05) is 38.9 Å². The summed E-state index contributed by atoms with van der Waals surface area (Å²) in [5.74, 6) is 0.643. The molecule has 0 N–H and O–H groups in total. The first kappa shape index (κ1) is 16.6. The number of hydrogen-bond acceptors (Lipinski definition) is 5. The summed E-state index contributed by atoms with van der Waals surface area (Å²) in [6.45, 7) is 3.55. The number of piperazine rings is 1. The lowest BCUT2D eigenvalue weighted by Crippen LogP contribution is -2.47. The van der Waals surface area contributed by atoms with Crippen LogP contribution in [0.4, 0.5) is 10.2 Å². The lowest BCUT2D eigenvalue weighted by atomic mass is 10.1. The van der Waals surface area contributed by atoms with Crippen molar-refractivity contribution < 1.29 is 12.8 Å². The largest absolute Gasteiger partial charge is 0.354 e. The standard InChI is InChI=1S/C15H23FN4O2S/c1-18-7-9-20(10-8-18)23(21,22)14-4-5-15(17-11-14)19-6-2-3-13(16)12-19/h4-5,11,13H,2-3,6-10,12H2,1H3. The first-order valence-electron chi connectivity index (χ1n) is 8.00. The fraction of sp³-hybridized carbons (Fsp3) is 0.667. The average molecular weight is 342 g/mol. The highest BCUT2D eigenvalue weighted by molar-refractivity contribution is 7.89. The van der Waals surface area contributed by atoms with Crippen molar-refractivity contribution in [2.24, 2.45) is 0 Å². The summed E-state index contributed by atoms with van der Waals surface area (Å²) in [5, 5.41) is 0. The van der Waals surface area contributed by atoms with Crippen LogP contribution in [0.3, 0.4) is 0 Å². The molecule has 6 nitrogen and oxygen atoms in total. The van der Waals surface area contributed by atoms with Gasteiger partial charge in [-0.2, -0.15) is 4.31 Å². The molecule has 2 saturated heterocycles. The maximum Gasteiger partial charge on any atom is 0.244 e. The number of nitrogens with zero attached hydrogens (tertiary/aromatic N) is 4. The van der Waals surface area contributed by atoms with Gasteiger partial charge in [-0.25, -0.2) is 17.8 Å². The van der Waals surface area contributed by atoms with Crippen LogP contribution in [-0.2, 0) is 10.0 Å². The molecular weight excluding hydrogens is 319 g/mol. The smallest absolute Gasteiger partial charge is 0.244 e. The van der Waals surface area contributed by atoms with Gasteiger partial charge in [-0.05, 0) is 32.0 Å². The van der Waals surface area contributed by atoms with Gasteiger partial charge in [0.05, 0.1) is 6.54 Å². The third kappa shape index (κ3) is 3.64. The van der Waals surface area contributed by atoms with Crippen LogP contribution in [0, 0.1) is 0 Å². The Morgan fingerprint density at radius 3 is 2.52 bits per heavy atom. The number of rotatable bonds is 3. The second kappa shape index (κ2) is 6.70. The molecular formula is C15H23FN4O2S. The Morgan fingerprint density at radius 1 is 1.17 bits per heavy atom. The van der Waals surface area contributed by atoms with Crippen molar-refractivity contribution in [2.45, 2.75) is 23.9 Å². The molecule has 2 aliphatic rings. The van der Waals surface area contributed by atoms with E-state index in [4.69, 9.17) is 0 Å². The molecule has 23 heavy (non-hydrogen) atoms. The Labute approximate surface area is 136 Å². The van der Waals surface area contributed by atoms with Crippen molar-refractivity contribution in [1.82, 2.24) is 14.2 Å². The second-order valence-electron chi connectivity index (χ2n) is 6.24. The van der Waals surface area contributed by atoms with Gasteiger partial charge in [0.1, 0.15) is 16.9 Å². The summed E-state index contributed by atoms with van der Waals surface area (Å²) in [7, 11) is -1.51. The minimum absolute atomic E-state index is 0.208. The van der Waals surface area contributed by atoms with Crippen molar-refractivity contribution in [1.29, 1.82) is 0 Å². The monoisotopic (exact) mass is 342 g/mol. The van der Waals surface area contributed by atoms with Crippen molar-refractivity contribution in [3.05, 3.63) is 18.3 Å². The molecule has 3 heterocycles. The zero-order chi connectivity index (χ0) is 16.4. The number of aromatic nitrogens is 1. The van der Waals surface area contributed by atoms with E-state index in [1.165, 1.54) is 10.5 Å². The second-order valence-corrected chi connectivity index (χ2v) is 8.18. The minimum Gasteiger partial charge on any atom is -0.354 e. The van der Waals surface area contributed by atoms with Crippen LogP contribution >= 0.6 is 0 Å². The molecule has 0 saturated carbocycles. The molecule has 1 atom stereocenters. The summed E-state index contributed by atoms with van der Waals surface area (Å²) in [4.78, 5) is 8.45. The summed E-state index contributed by atoms with van der Waals surface area (Å²) < 4.78 is 40.2. The highest BCUT2D eigenvalue weighted by atomic mass is 32.2. The van der Waals surface area contributed by atoms with E-state index in [1.807, 2.05) is 11.9 Å². The third-order valence-corrected chi connectivity index (χ3v) is 6.39. The van der Waals surface area contributed by atoms with Gasteiger partial charge in [-0.3, -0.25) is 0 Å². The van der Waals surface area contributed by atoms with E-state index < -0.39 is 16.2 Å². The molecule has 128 valence electrons. The lowest BCUT2D eigenvalue weighted by Gasteiger charge is -2.32. The SMILES string of the molecule is CN1CCN(S(=O)(=O)c2ccc(N3CCCC(F)C3)nc2)CC1. The normalized spacial score (nSPS) is 24.8. The Kier molecular flexibility index (Phi) is 4.84. The topological polar surface area (TPSA) is 56.8 Å². The van der Waals surface area contributed by atoms with E-state index in [9.17, 15) is 12.8 Å². The number of likely N-dealkylation sites (N-methyl/N-ethyl adjacent to an activating group) is 1. The first-order chi connectivity index (χ1) is 11.0. The van der Waals surface area contributed by atoms with Gasteiger partial charge in [0.25, 0.3) is 0 Å². The lowest BCUT2D eigenvalue weighted by molar-refractivity contribution is 0.222. The Morgan fingerprint density at radius 2 is 1.91 bits per heavy atom. The van der Waals surface area contributed by atoms with E-state index in [0.29, 0.717) is 31.9 Å². The molecule has 0 amide bonds.